The molecular formula is C18H19N5O3. The Bertz CT molecular complexity index is 853. The van der Waals surface area contributed by atoms with E-state index in [-0.39, 0.29) is 5.91 Å². The normalized spacial score (nSPS) is 11.6. The number of nitrogens with one attached hydrogen (secondary N) is 1. The summed E-state index contributed by atoms with van der Waals surface area (Å²) in [5.41, 5.74) is 1.61. The summed E-state index contributed by atoms with van der Waals surface area (Å²) in [6.07, 6.45) is 1.90. The van der Waals surface area contributed by atoms with Crippen molar-refractivity contribution in [2.75, 3.05) is 19.5 Å². The fourth-order valence-corrected chi connectivity index (χ4v) is 2.59. The van der Waals surface area contributed by atoms with Crippen molar-refractivity contribution in [3.63, 3.8) is 0 Å². The van der Waals surface area contributed by atoms with E-state index in [9.17, 15) is 4.79 Å². The predicted octanol–water partition coefficient (Wildman–Crippen LogP) is 2.11. The number of anilines is 1. The van der Waals surface area contributed by atoms with Crippen molar-refractivity contribution in [1.82, 2.24) is 20.2 Å². The minimum atomic E-state index is -0.583. The molecule has 0 fully saturated rings. The smallest absolute Gasteiger partial charge is 0.249 e. The van der Waals surface area contributed by atoms with E-state index < -0.39 is 6.04 Å². The van der Waals surface area contributed by atoms with E-state index >= 15 is 0 Å². The van der Waals surface area contributed by atoms with Crippen molar-refractivity contribution in [2.24, 2.45) is 0 Å². The zero-order valence-corrected chi connectivity index (χ0v) is 14.5. The standard InChI is InChI=1S/C18H19N5O3/c1-25-16-9-8-14(11-17(16)26-2)20-18(24)15(23-12-19-21-22-23)10-13-6-4-3-5-7-13/h3-9,11-12,15H,10H2,1-2H3,(H,20,24). The molecule has 3 rings (SSSR count). The molecule has 1 unspecified atom stereocenters. The van der Waals surface area contributed by atoms with Gasteiger partial charge in [0.2, 0.25) is 5.91 Å². The number of nitrogens with zero attached hydrogens (tertiary/aromatic N) is 4. The third-order valence-electron chi connectivity index (χ3n) is 3.91. The van der Waals surface area contributed by atoms with Gasteiger partial charge in [-0.05, 0) is 28.1 Å². The van der Waals surface area contributed by atoms with Gasteiger partial charge < -0.3 is 14.8 Å². The first-order chi connectivity index (χ1) is 12.7. The summed E-state index contributed by atoms with van der Waals surface area (Å²) < 4.78 is 11.9. The van der Waals surface area contributed by atoms with Gasteiger partial charge in [-0.2, -0.15) is 0 Å². The molecular weight excluding hydrogens is 334 g/mol. The molecule has 0 spiro atoms. The molecule has 3 aromatic rings. The van der Waals surface area contributed by atoms with Crippen molar-refractivity contribution >= 4 is 11.6 Å². The maximum absolute atomic E-state index is 12.9. The number of aromatic nitrogens is 4. The van der Waals surface area contributed by atoms with E-state index in [1.54, 1.807) is 32.4 Å². The Morgan fingerprint density at radius 3 is 2.54 bits per heavy atom. The van der Waals surface area contributed by atoms with Gasteiger partial charge in [0.25, 0.3) is 0 Å². The maximum atomic E-state index is 12.9. The van der Waals surface area contributed by atoms with Crippen LogP contribution < -0.4 is 14.8 Å². The molecule has 8 nitrogen and oxygen atoms in total. The van der Waals surface area contributed by atoms with Gasteiger partial charge in [-0.3, -0.25) is 4.79 Å². The van der Waals surface area contributed by atoms with Crippen molar-refractivity contribution < 1.29 is 14.3 Å². The second kappa shape index (κ2) is 8.11. The van der Waals surface area contributed by atoms with E-state index in [1.807, 2.05) is 30.3 Å². The van der Waals surface area contributed by atoms with E-state index in [2.05, 4.69) is 20.8 Å². The van der Waals surface area contributed by atoms with Crippen LogP contribution in [0.1, 0.15) is 11.6 Å². The van der Waals surface area contributed by atoms with Crippen LogP contribution in [-0.2, 0) is 11.2 Å². The van der Waals surface area contributed by atoms with Crippen LogP contribution in [0.5, 0.6) is 11.5 Å². The minimum Gasteiger partial charge on any atom is -0.493 e. The van der Waals surface area contributed by atoms with E-state index in [0.29, 0.717) is 23.6 Å². The molecule has 8 heteroatoms. The van der Waals surface area contributed by atoms with Crippen LogP contribution in [0.25, 0.3) is 0 Å². The van der Waals surface area contributed by atoms with Crippen LogP contribution in [0.2, 0.25) is 0 Å². The maximum Gasteiger partial charge on any atom is 0.249 e. The van der Waals surface area contributed by atoms with Gasteiger partial charge in [0, 0.05) is 18.2 Å². The van der Waals surface area contributed by atoms with Gasteiger partial charge in [0.15, 0.2) is 11.5 Å². The highest BCUT2D eigenvalue weighted by Gasteiger charge is 2.23. The first-order valence-electron chi connectivity index (χ1n) is 8.00. The second-order valence-electron chi connectivity index (χ2n) is 5.55. The molecule has 0 aliphatic rings. The Balaban J connectivity index is 1.82. The highest BCUT2D eigenvalue weighted by molar-refractivity contribution is 5.94. The van der Waals surface area contributed by atoms with Crippen molar-refractivity contribution in [1.29, 1.82) is 0 Å². The van der Waals surface area contributed by atoms with Crippen molar-refractivity contribution in [3.8, 4) is 11.5 Å². The van der Waals surface area contributed by atoms with Gasteiger partial charge in [-0.1, -0.05) is 30.3 Å². The number of carbonyl (C=O) groups is 1. The molecule has 1 heterocycles. The molecule has 0 radical (unpaired) electrons. The Labute approximate surface area is 150 Å². The minimum absolute atomic E-state index is 0.228. The Morgan fingerprint density at radius 2 is 1.88 bits per heavy atom. The van der Waals surface area contributed by atoms with Crippen molar-refractivity contribution in [3.05, 3.63) is 60.4 Å². The van der Waals surface area contributed by atoms with Crippen LogP contribution in [0.3, 0.4) is 0 Å². The topological polar surface area (TPSA) is 91.2 Å². The van der Waals surface area contributed by atoms with Crippen LogP contribution in [-0.4, -0.2) is 40.3 Å². The lowest BCUT2D eigenvalue weighted by molar-refractivity contribution is -0.119. The number of rotatable bonds is 7. The quantitative estimate of drug-likeness (QED) is 0.699. The van der Waals surface area contributed by atoms with Gasteiger partial charge in [0.05, 0.1) is 14.2 Å². The lowest BCUT2D eigenvalue weighted by Crippen LogP contribution is -2.28. The molecule has 1 aromatic heterocycles. The summed E-state index contributed by atoms with van der Waals surface area (Å²) >= 11 is 0. The molecule has 0 aliphatic carbocycles. The fourth-order valence-electron chi connectivity index (χ4n) is 2.59. The van der Waals surface area contributed by atoms with Gasteiger partial charge >= 0.3 is 0 Å². The highest BCUT2D eigenvalue weighted by Crippen LogP contribution is 2.30. The summed E-state index contributed by atoms with van der Waals surface area (Å²) in [6.45, 7) is 0. The number of benzene rings is 2. The molecule has 2 aromatic carbocycles. The Hall–Kier alpha value is -3.42. The van der Waals surface area contributed by atoms with Crippen molar-refractivity contribution in [2.45, 2.75) is 12.5 Å². The molecule has 0 bridgehead atoms. The van der Waals surface area contributed by atoms with Gasteiger partial charge in [0.1, 0.15) is 12.4 Å². The molecule has 26 heavy (non-hydrogen) atoms. The number of hydrogen-bond donors (Lipinski definition) is 1. The first-order valence-corrected chi connectivity index (χ1v) is 8.00. The van der Waals surface area contributed by atoms with E-state index in [4.69, 9.17) is 9.47 Å². The van der Waals surface area contributed by atoms with Crippen LogP contribution in [0, 0.1) is 0 Å². The molecule has 0 saturated carbocycles. The SMILES string of the molecule is COc1ccc(NC(=O)C(Cc2ccccc2)n2cnnn2)cc1OC. The second-order valence-corrected chi connectivity index (χ2v) is 5.55. The largest absolute Gasteiger partial charge is 0.493 e. The van der Waals surface area contributed by atoms with E-state index in [1.165, 1.54) is 11.0 Å². The molecule has 1 atom stereocenters. The first kappa shape index (κ1) is 17.4. The zero-order chi connectivity index (χ0) is 18.4. The summed E-state index contributed by atoms with van der Waals surface area (Å²) in [4.78, 5) is 12.9. The summed E-state index contributed by atoms with van der Waals surface area (Å²) in [5, 5.41) is 14.1. The number of tetrazole rings is 1. The van der Waals surface area contributed by atoms with Gasteiger partial charge in [-0.15, -0.1) is 5.10 Å². The summed E-state index contributed by atoms with van der Waals surface area (Å²) in [7, 11) is 3.10. The lowest BCUT2D eigenvalue weighted by atomic mass is 10.1. The highest BCUT2D eigenvalue weighted by atomic mass is 16.5. The molecule has 0 aliphatic heterocycles. The number of carbonyl (C=O) groups excluding carboxylic acids is 1. The molecule has 1 amide bonds. The molecule has 0 saturated heterocycles. The zero-order valence-electron chi connectivity index (χ0n) is 14.5. The van der Waals surface area contributed by atoms with Gasteiger partial charge in [-0.25, -0.2) is 4.68 Å². The lowest BCUT2D eigenvalue weighted by Gasteiger charge is -2.17. The number of hydrogen-bond acceptors (Lipinski definition) is 6. The third kappa shape index (κ3) is 3.97. The third-order valence-corrected chi connectivity index (χ3v) is 3.91. The Morgan fingerprint density at radius 1 is 1.12 bits per heavy atom. The van der Waals surface area contributed by atoms with Crippen LogP contribution in [0.15, 0.2) is 54.9 Å². The Kier molecular flexibility index (Phi) is 5.43. The predicted molar refractivity (Wildman–Crippen MR) is 95.2 cm³/mol. The van der Waals surface area contributed by atoms with E-state index in [0.717, 1.165) is 5.56 Å². The average Bonchev–Trinajstić information content (AvgIpc) is 3.21. The van der Waals surface area contributed by atoms with Crippen LogP contribution >= 0.6 is 0 Å². The average molecular weight is 353 g/mol. The number of amides is 1. The summed E-state index contributed by atoms with van der Waals surface area (Å²) in [6, 6.07) is 14.3. The van der Waals surface area contributed by atoms with Crippen LogP contribution in [0.4, 0.5) is 5.69 Å². The molecule has 134 valence electrons. The number of methoxy groups -OCH3 is 2. The molecule has 1 N–H and O–H groups in total. The monoisotopic (exact) mass is 353 g/mol. The fraction of sp³-hybridized carbons (Fsp3) is 0.222. The summed E-state index contributed by atoms with van der Waals surface area (Å²) in [5.74, 6) is 0.896. The number of ether oxygens (including phenoxy) is 2.